The summed E-state index contributed by atoms with van der Waals surface area (Å²) in [6, 6.07) is 5.76. The molecule has 0 saturated heterocycles. The average molecular weight is 454 g/mol. The van der Waals surface area contributed by atoms with Gasteiger partial charge >= 0.3 is 0 Å². The molecule has 3 heterocycles. The molecule has 0 unspecified atom stereocenters. The van der Waals surface area contributed by atoms with Crippen LogP contribution < -0.4 is 10.5 Å². The number of aromatic nitrogens is 4. The van der Waals surface area contributed by atoms with E-state index in [1.165, 1.54) is 24.8 Å². The highest BCUT2D eigenvalue weighted by Gasteiger charge is 2.22. The maximum Gasteiger partial charge on any atom is 0.261 e. The second-order valence-electron chi connectivity index (χ2n) is 7.35. The van der Waals surface area contributed by atoms with Gasteiger partial charge in [-0.25, -0.2) is 22.8 Å². The molecule has 11 heteroatoms. The second kappa shape index (κ2) is 8.00. The summed E-state index contributed by atoms with van der Waals surface area (Å²) in [6.45, 7) is 3.89. The van der Waals surface area contributed by atoms with Gasteiger partial charge in [0.15, 0.2) is 5.78 Å². The number of anilines is 2. The average Bonchev–Trinajstić information content (AvgIpc) is 3.15. The van der Waals surface area contributed by atoms with E-state index in [0.29, 0.717) is 11.0 Å². The smallest absolute Gasteiger partial charge is 0.261 e. The van der Waals surface area contributed by atoms with Crippen LogP contribution in [0.3, 0.4) is 0 Å². The maximum absolute atomic E-state index is 13.3. The van der Waals surface area contributed by atoms with E-state index in [1.807, 2.05) is 18.4 Å². The molecule has 4 aromatic rings. The molecule has 3 N–H and O–H groups in total. The van der Waals surface area contributed by atoms with Crippen LogP contribution in [-0.4, -0.2) is 33.7 Å². The second-order valence-corrected chi connectivity index (χ2v) is 9.03. The van der Waals surface area contributed by atoms with Crippen LogP contribution in [-0.2, 0) is 10.0 Å². The predicted octanol–water partition coefficient (Wildman–Crippen LogP) is 3.16. The molecule has 3 aromatic heterocycles. The van der Waals surface area contributed by atoms with Crippen LogP contribution in [0.2, 0.25) is 0 Å². The predicted molar refractivity (Wildman–Crippen MR) is 117 cm³/mol. The van der Waals surface area contributed by atoms with Crippen LogP contribution in [0, 0.1) is 5.82 Å². The lowest BCUT2D eigenvalue weighted by molar-refractivity contribution is 0.103. The van der Waals surface area contributed by atoms with E-state index in [0.717, 1.165) is 24.3 Å². The highest BCUT2D eigenvalue weighted by molar-refractivity contribution is 7.92. The molecule has 0 aliphatic rings. The van der Waals surface area contributed by atoms with Gasteiger partial charge in [0.25, 0.3) is 10.0 Å². The Bertz CT molecular complexity index is 1430. The quantitative estimate of drug-likeness (QED) is 0.428. The van der Waals surface area contributed by atoms with E-state index < -0.39 is 21.6 Å². The number of nitrogen functional groups attached to an aromatic ring is 1. The fourth-order valence-corrected chi connectivity index (χ4v) is 4.31. The monoisotopic (exact) mass is 454 g/mol. The maximum atomic E-state index is 13.3. The standard InChI is InChI=1S/C21H19FN6O3S/c1-12(2)28-10-17(18-20(23)25-11-26-21(18)28)19(29)13-7-15(9-24-8-13)27-32(30,31)16-5-3-14(22)4-6-16/h3-12,27H,1-2H3,(H2,23,25,26). The zero-order chi connectivity index (χ0) is 23.0. The third-order valence-electron chi connectivity index (χ3n) is 4.82. The molecule has 0 fully saturated rings. The Labute approximate surface area is 183 Å². The van der Waals surface area contributed by atoms with Crippen molar-refractivity contribution < 1.29 is 17.6 Å². The molecule has 0 aliphatic heterocycles. The van der Waals surface area contributed by atoms with Gasteiger partial charge in [0, 0.05) is 24.0 Å². The molecule has 4 rings (SSSR count). The summed E-state index contributed by atoms with van der Waals surface area (Å²) in [4.78, 5) is 25.4. The molecule has 9 nitrogen and oxygen atoms in total. The highest BCUT2D eigenvalue weighted by Crippen LogP contribution is 2.29. The minimum Gasteiger partial charge on any atom is -0.383 e. The minimum atomic E-state index is -4.00. The third kappa shape index (κ3) is 3.89. The lowest BCUT2D eigenvalue weighted by atomic mass is 10.1. The summed E-state index contributed by atoms with van der Waals surface area (Å²) in [5, 5.41) is 0.420. The van der Waals surface area contributed by atoms with Gasteiger partial charge in [-0.2, -0.15) is 0 Å². The topological polar surface area (TPSA) is 133 Å². The Balaban J connectivity index is 1.71. The van der Waals surface area contributed by atoms with Crippen LogP contribution in [0.4, 0.5) is 15.9 Å². The summed E-state index contributed by atoms with van der Waals surface area (Å²) >= 11 is 0. The molecule has 0 saturated carbocycles. The number of hydrogen-bond donors (Lipinski definition) is 2. The van der Waals surface area contributed by atoms with Crippen molar-refractivity contribution in [3.05, 3.63) is 72.2 Å². The number of rotatable bonds is 6. The number of nitrogens with one attached hydrogen (secondary N) is 1. The lowest BCUT2D eigenvalue weighted by Crippen LogP contribution is -2.14. The summed E-state index contributed by atoms with van der Waals surface area (Å²) in [7, 11) is -4.00. The number of nitrogens with zero attached hydrogens (tertiary/aromatic N) is 4. The number of fused-ring (bicyclic) bond motifs is 1. The van der Waals surface area contributed by atoms with Crippen LogP contribution in [0.15, 0.2) is 60.1 Å². The molecule has 0 radical (unpaired) electrons. The lowest BCUT2D eigenvalue weighted by Gasteiger charge is -2.09. The van der Waals surface area contributed by atoms with Gasteiger partial charge in [-0.05, 0) is 44.2 Å². The van der Waals surface area contributed by atoms with Crippen molar-refractivity contribution in [3.8, 4) is 0 Å². The molecule has 0 bridgehead atoms. The van der Waals surface area contributed by atoms with Crippen molar-refractivity contribution in [2.75, 3.05) is 10.5 Å². The number of halogens is 1. The normalized spacial score (nSPS) is 11.8. The Kier molecular flexibility index (Phi) is 5.35. The molecule has 0 spiro atoms. The fraction of sp³-hybridized carbons (Fsp3) is 0.143. The number of carbonyl (C=O) groups excluding carboxylic acids is 1. The van der Waals surface area contributed by atoms with Gasteiger partial charge in [0.1, 0.15) is 23.6 Å². The largest absolute Gasteiger partial charge is 0.383 e. The molecule has 164 valence electrons. The molecule has 0 atom stereocenters. The highest BCUT2D eigenvalue weighted by atomic mass is 32.2. The zero-order valence-corrected chi connectivity index (χ0v) is 18.0. The fourth-order valence-electron chi connectivity index (χ4n) is 3.28. The van der Waals surface area contributed by atoms with Crippen LogP contribution in [0.1, 0.15) is 35.8 Å². The van der Waals surface area contributed by atoms with Gasteiger partial charge in [-0.15, -0.1) is 0 Å². The first kappa shape index (κ1) is 21.4. The summed E-state index contributed by atoms with van der Waals surface area (Å²) in [5.41, 5.74) is 7.06. The van der Waals surface area contributed by atoms with Crippen molar-refractivity contribution in [1.29, 1.82) is 0 Å². The van der Waals surface area contributed by atoms with Crippen LogP contribution >= 0.6 is 0 Å². The SMILES string of the molecule is CC(C)n1cc(C(=O)c2cncc(NS(=O)(=O)c3ccc(F)cc3)c2)c2c(N)ncnc21. The number of nitrogens with two attached hydrogens (primary N) is 1. The first-order valence-corrected chi connectivity index (χ1v) is 11.0. The van der Waals surface area contributed by atoms with Gasteiger partial charge in [-0.3, -0.25) is 14.5 Å². The van der Waals surface area contributed by atoms with E-state index in [-0.39, 0.29) is 33.6 Å². The third-order valence-corrected chi connectivity index (χ3v) is 6.21. The molecular weight excluding hydrogens is 435 g/mol. The van der Waals surface area contributed by atoms with E-state index in [9.17, 15) is 17.6 Å². The van der Waals surface area contributed by atoms with E-state index in [4.69, 9.17) is 5.73 Å². The summed E-state index contributed by atoms with van der Waals surface area (Å²) < 4.78 is 42.4. The van der Waals surface area contributed by atoms with Crippen molar-refractivity contribution in [3.63, 3.8) is 0 Å². The number of sulfonamides is 1. The van der Waals surface area contributed by atoms with E-state index >= 15 is 0 Å². The van der Waals surface area contributed by atoms with Crippen LogP contribution in [0.25, 0.3) is 11.0 Å². The number of carbonyl (C=O) groups is 1. The molecule has 0 amide bonds. The van der Waals surface area contributed by atoms with Gasteiger partial charge in [-0.1, -0.05) is 0 Å². The Hall–Kier alpha value is -3.86. The molecule has 1 aromatic carbocycles. The Morgan fingerprint density at radius 2 is 1.88 bits per heavy atom. The van der Waals surface area contributed by atoms with Crippen molar-refractivity contribution in [2.45, 2.75) is 24.8 Å². The Morgan fingerprint density at radius 1 is 1.16 bits per heavy atom. The number of hydrogen-bond acceptors (Lipinski definition) is 7. The van der Waals surface area contributed by atoms with Crippen molar-refractivity contribution >= 4 is 38.3 Å². The zero-order valence-electron chi connectivity index (χ0n) is 17.2. The number of pyridine rings is 1. The summed E-state index contributed by atoms with van der Waals surface area (Å²) in [6.07, 6.45) is 5.58. The molecule has 32 heavy (non-hydrogen) atoms. The van der Waals surface area contributed by atoms with Crippen LogP contribution in [0.5, 0.6) is 0 Å². The minimum absolute atomic E-state index is 0.0142. The molecular formula is C21H19FN6O3S. The number of benzene rings is 1. The summed E-state index contributed by atoms with van der Waals surface area (Å²) in [5.74, 6) is -0.799. The number of ketones is 1. The Morgan fingerprint density at radius 3 is 2.56 bits per heavy atom. The molecule has 0 aliphatic carbocycles. The van der Waals surface area contributed by atoms with Crippen molar-refractivity contribution in [2.24, 2.45) is 0 Å². The van der Waals surface area contributed by atoms with Gasteiger partial charge < -0.3 is 10.3 Å². The van der Waals surface area contributed by atoms with E-state index in [1.54, 1.807) is 6.20 Å². The van der Waals surface area contributed by atoms with Crippen molar-refractivity contribution in [1.82, 2.24) is 19.5 Å². The first-order valence-electron chi connectivity index (χ1n) is 9.56. The van der Waals surface area contributed by atoms with E-state index in [2.05, 4.69) is 19.7 Å². The van der Waals surface area contributed by atoms with Gasteiger partial charge in [0.2, 0.25) is 0 Å². The first-order chi connectivity index (χ1) is 15.2. The van der Waals surface area contributed by atoms with Gasteiger partial charge in [0.05, 0.1) is 27.7 Å².